The normalized spacial score (nSPS) is 17.9. The predicted molar refractivity (Wildman–Crippen MR) is 85.4 cm³/mol. The van der Waals surface area contributed by atoms with E-state index in [-0.39, 0.29) is 30.1 Å². The lowest BCUT2D eigenvalue weighted by Crippen LogP contribution is -2.44. The van der Waals surface area contributed by atoms with Gasteiger partial charge in [-0.15, -0.1) is 0 Å². The molecule has 1 aromatic rings. The summed E-state index contributed by atoms with van der Waals surface area (Å²) in [6.07, 6.45) is 2.82. The van der Waals surface area contributed by atoms with Gasteiger partial charge in [-0.2, -0.15) is 0 Å². The zero-order valence-electron chi connectivity index (χ0n) is 12.1. The van der Waals surface area contributed by atoms with Crippen LogP contribution in [0.4, 0.5) is 4.39 Å². The van der Waals surface area contributed by atoms with E-state index in [9.17, 15) is 14.0 Å². The molecule has 1 saturated heterocycles. The van der Waals surface area contributed by atoms with Gasteiger partial charge in [-0.3, -0.25) is 9.59 Å². The number of carbonyl (C=O) groups is 2. The number of nitrogens with zero attached hydrogens (tertiary/aromatic N) is 1. The Morgan fingerprint density at radius 2 is 2.27 bits per heavy atom. The second-order valence-corrected chi connectivity index (χ2v) is 6.15. The third-order valence-corrected chi connectivity index (χ3v) is 4.37. The summed E-state index contributed by atoms with van der Waals surface area (Å²) in [7, 11) is 0. The van der Waals surface area contributed by atoms with E-state index in [0.29, 0.717) is 23.1 Å². The average molecular weight is 369 g/mol. The van der Waals surface area contributed by atoms with Crippen molar-refractivity contribution >= 4 is 27.7 Å². The molecule has 1 N–H and O–H groups in total. The van der Waals surface area contributed by atoms with Crippen LogP contribution >= 0.6 is 15.9 Å². The molecule has 1 aliphatic heterocycles. The van der Waals surface area contributed by atoms with Gasteiger partial charge in [0.2, 0.25) is 11.8 Å². The quantitative estimate of drug-likeness (QED) is 0.830. The lowest BCUT2D eigenvalue weighted by atomic mass is 9.97. The largest absolute Gasteiger partial charge is 0.352 e. The van der Waals surface area contributed by atoms with Crippen molar-refractivity contribution in [3.8, 4) is 0 Å². The van der Waals surface area contributed by atoms with Gasteiger partial charge in [0.05, 0.1) is 10.4 Å². The summed E-state index contributed by atoms with van der Waals surface area (Å²) >= 11 is 3.09. The summed E-state index contributed by atoms with van der Waals surface area (Å²) in [6.45, 7) is 4.81. The van der Waals surface area contributed by atoms with Gasteiger partial charge in [-0.25, -0.2) is 4.39 Å². The second kappa shape index (κ2) is 7.54. The summed E-state index contributed by atoms with van der Waals surface area (Å²) in [5, 5.41) is 2.81. The van der Waals surface area contributed by atoms with E-state index in [1.54, 1.807) is 17.0 Å². The van der Waals surface area contributed by atoms with Gasteiger partial charge in [-0.05, 0) is 52.5 Å². The highest BCUT2D eigenvalue weighted by Crippen LogP contribution is 2.18. The Labute approximate surface area is 137 Å². The van der Waals surface area contributed by atoms with Gasteiger partial charge in [0.15, 0.2) is 0 Å². The van der Waals surface area contributed by atoms with Crippen LogP contribution in [0.25, 0.3) is 0 Å². The first-order valence-electron chi connectivity index (χ1n) is 7.14. The zero-order valence-corrected chi connectivity index (χ0v) is 13.7. The summed E-state index contributed by atoms with van der Waals surface area (Å²) in [4.78, 5) is 25.5. The number of hydrogen-bond acceptors (Lipinski definition) is 2. The molecule has 22 heavy (non-hydrogen) atoms. The molecule has 2 amide bonds. The second-order valence-electron chi connectivity index (χ2n) is 5.29. The van der Waals surface area contributed by atoms with Crippen LogP contribution in [-0.4, -0.2) is 29.8 Å². The Kier molecular flexibility index (Phi) is 5.71. The maximum atomic E-state index is 13.4. The summed E-state index contributed by atoms with van der Waals surface area (Å²) < 4.78 is 13.8. The van der Waals surface area contributed by atoms with E-state index in [1.807, 2.05) is 0 Å². The predicted octanol–water partition coefficient (Wildman–Crippen LogP) is 2.63. The van der Waals surface area contributed by atoms with Crippen molar-refractivity contribution in [1.29, 1.82) is 0 Å². The van der Waals surface area contributed by atoms with Gasteiger partial charge in [0.25, 0.3) is 0 Å². The Balaban J connectivity index is 1.90. The van der Waals surface area contributed by atoms with Crippen molar-refractivity contribution in [3.05, 3.63) is 46.7 Å². The Hall–Kier alpha value is -1.69. The zero-order chi connectivity index (χ0) is 16.1. The Bertz CT molecular complexity index is 592. The van der Waals surface area contributed by atoms with Gasteiger partial charge in [0.1, 0.15) is 5.82 Å². The van der Waals surface area contributed by atoms with Crippen molar-refractivity contribution in [3.63, 3.8) is 0 Å². The van der Waals surface area contributed by atoms with Crippen LogP contribution in [0, 0.1) is 11.7 Å². The molecule has 1 aromatic carbocycles. The van der Waals surface area contributed by atoms with Crippen LogP contribution < -0.4 is 5.32 Å². The number of piperidine rings is 1. The van der Waals surface area contributed by atoms with Crippen LogP contribution in [0.5, 0.6) is 0 Å². The fourth-order valence-corrected chi connectivity index (χ4v) is 2.75. The molecular weight excluding hydrogens is 351 g/mol. The Morgan fingerprint density at radius 1 is 1.50 bits per heavy atom. The summed E-state index contributed by atoms with van der Waals surface area (Å²) in [5.41, 5.74) is 0.698. The molecule has 0 aromatic heterocycles. The molecule has 1 fully saturated rings. The summed E-state index contributed by atoms with van der Waals surface area (Å²) in [5.74, 6) is -0.831. The Morgan fingerprint density at radius 3 is 2.95 bits per heavy atom. The number of likely N-dealkylation sites (tertiary alicyclic amines) is 1. The number of amides is 2. The number of benzene rings is 1. The van der Waals surface area contributed by atoms with Crippen molar-refractivity contribution < 1.29 is 14.0 Å². The van der Waals surface area contributed by atoms with Gasteiger partial charge < -0.3 is 10.2 Å². The molecule has 118 valence electrons. The lowest BCUT2D eigenvalue weighted by molar-refractivity contribution is -0.132. The van der Waals surface area contributed by atoms with Crippen LogP contribution in [0.1, 0.15) is 18.4 Å². The van der Waals surface area contributed by atoms with Crippen LogP contribution in [0.2, 0.25) is 0 Å². The minimum atomic E-state index is -0.354. The standard InChI is InChI=1S/C16H18BrFN2O2/c1-2-15(21)20-7-3-4-12(10-20)16(22)19-9-11-5-6-13(17)14(18)8-11/h2,5-6,8,12H,1,3-4,7,9-10H2,(H,19,22). The number of hydrogen-bond donors (Lipinski definition) is 1. The monoisotopic (exact) mass is 368 g/mol. The molecule has 1 heterocycles. The smallest absolute Gasteiger partial charge is 0.245 e. The first-order valence-corrected chi connectivity index (χ1v) is 7.93. The van der Waals surface area contributed by atoms with Crippen molar-refractivity contribution in [1.82, 2.24) is 10.2 Å². The third kappa shape index (κ3) is 4.16. The van der Waals surface area contributed by atoms with Gasteiger partial charge in [-0.1, -0.05) is 12.6 Å². The van der Waals surface area contributed by atoms with Crippen LogP contribution in [-0.2, 0) is 16.1 Å². The first kappa shape index (κ1) is 16.7. The molecule has 0 radical (unpaired) electrons. The number of rotatable bonds is 4. The topological polar surface area (TPSA) is 49.4 Å². The van der Waals surface area contributed by atoms with Crippen LogP contribution in [0.3, 0.4) is 0 Å². The van der Waals surface area contributed by atoms with Gasteiger partial charge >= 0.3 is 0 Å². The average Bonchev–Trinajstić information content (AvgIpc) is 2.55. The molecular formula is C16H18BrFN2O2. The molecule has 1 unspecified atom stereocenters. The number of nitrogens with one attached hydrogen (secondary N) is 1. The number of carbonyl (C=O) groups excluding carboxylic acids is 2. The van der Waals surface area contributed by atoms with E-state index in [0.717, 1.165) is 12.8 Å². The molecule has 1 aliphatic rings. The molecule has 0 bridgehead atoms. The lowest BCUT2D eigenvalue weighted by Gasteiger charge is -2.31. The SMILES string of the molecule is C=CC(=O)N1CCCC(C(=O)NCc2ccc(Br)c(F)c2)C1. The first-order chi connectivity index (χ1) is 10.5. The van der Waals surface area contributed by atoms with Gasteiger partial charge in [0, 0.05) is 19.6 Å². The van der Waals surface area contributed by atoms with Crippen molar-refractivity contribution in [2.75, 3.05) is 13.1 Å². The van der Waals surface area contributed by atoms with Crippen molar-refractivity contribution in [2.45, 2.75) is 19.4 Å². The molecule has 6 heteroatoms. The molecule has 0 aliphatic carbocycles. The van der Waals surface area contributed by atoms with Crippen molar-refractivity contribution in [2.24, 2.45) is 5.92 Å². The van der Waals surface area contributed by atoms with E-state index >= 15 is 0 Å². The molecule has 4 nitrogen and oxygen atoms in total. The van der Waals surface area contributed by atoms with E-state index in [2.05, 4.69) is 27.8 Å². The van der Waals surface area contributed by atoms with Crippen LogP contribution in [0.15, 0.2) is 35.3 Å². The highest BCUT2D eigenvalue weighted by Gasteiger charge is 2.27. The molecule has 0 spiro atoms. The highest BCUT2D eigenvalue weighted by atomic mass is 79.9. The van der Waals surface area contributed by atoms with E-state index in [4.69, 9.17) is 0 Å². The number of halogens is 2. The summed E-state index contributed by atoms with van der Waals surface area (Å²) in [6, 6.07) is 4.75. The highest BCUT2D eigenvalue weighted by molar-refractivity contribution is 9.10. The molecule has 0 saturated carbocycles. The molecule has 2 rings (SSSR count). The fraction of sp³-hybridized carbons (Fsp3) is 0.375. The molecule has 1 atom stereocenters. The minimum absolute atomic E-state index is 0.107. The minimum Gasteiger partial charge on any atom is -0.352 e. The third-order valence-electron chi connectivity index (χ3n) is 3.73. The maximum absolute atomic E-state index is 13.4. The van der Waals surface area contributed by atoms with E-state index < -0.39 is 0 Å². The fourth-order valence-electron chi connectivity index (χ4n) is 2.50. The van der Waals surface area contributed by atoms with E-state index in [1.165, 1.54) is 12.1 Å². The maximum Gasteiger partial charge on any atom is 0.245 e.